The van der Waals surface area contributed by atoms with Crippen molar-refractivity contribution in [2.24, 2.45) is 0 Å². The fraction of sp³-hybridized carbons (Fsp3) is 0.188. The molecule has 0 aromatic carbocycles. The second kappa shape index (κ2) is 8.09. The molecule has 0 radical (unpaired) electrons. The van der Waals surface area contributed by atoms with Crippen LogP contribution in [0.15, 0.2) is 40.1 Å². The summed E-state index contributed by atoms with van der Waals surface area (Å²) in [5.41, 5.74) is 0. The number of rotatable bonds is 7. The Morgan fingerprint density at radius 3 is 2.83 bits per heavy atom. The van der Waals surface area contributed by atoms with Crippen molar-refractivity contribution in [3.8, 4) is 0 Å². The van der Waals surface area contributed by atoms with E-state index in [0.29, 0.717) is 5.76 Å². The second-order valence-electron chi connectivity index (χ2n) is 4.56. The fourth-order valence-corrected chi connectivity index (χ4v) is 2.24. The van der Waals surface area contributed by atoms with E-state index in [0.717, 1.165) is 4.88 Å². The van der Waals surface area contributed by atoms with E-state index >= 15 is 0 Å². The lowest BCUT2D eigenvalue weighted by atomic mass is 10.3. The summed E-state index contributed by atoms with van der Waals surface area (Å²) < 4.78 is 10.1. The Morgan fingerprint density at radius 1 is 1.30 bits per heavy atom. The predicted molar refractivity (Wildman–Crippen MR) is 84.9 cm³/mol. The fourth-order valence-electron chi connectivity index (χ4n) is 1.63. The third kappa shape index (κ3) is 5.55. The van der Waals surface area contributed by atoms with Crippen molar-refractivity contribution in [1.82, 2.24) is 5.32 Å². The Labute approximate surface area is 136 Å². The van der Waals surface area contributed by atoms with Crippen molar-refractivity contribution in [2.75, 3.05) is 6.61 Å². The van der Waals surface area contributed by atoms with Crippen LogP contribution in [0.1, 0.15) is 28.1 Å². The van der Waals surface area contributed by atoms with Crippen LogP contribution in [-0.2, 0) is 20.9 Å². The lowest BCUT2D eigenvalue weighted by Gasteiger charge is -2.00. The number of ether oxygens (including phenoxy) is 1. The van der Waals surface area contributed by atoms with E-state index in [2.05, 4.69) is 5.32 Å². The Kier molecular flexibility index (Phi) is 5.87. The van der Waals surface area contributed by atoms with Crippen molar-refractivity contribution in [1.29, 1.82) is 0 Å². The highest BCUT2D eigenvalue weighted by Gasteiger charge is 2.13. The monoisotopic (exact) mass is 333 g/mol. The van der Waals surface area contributed by atoms with Gasteiger partial charge in [-0.15, -0.1) is 11.3 Å². The topological polar surface area (TPSA) is 85.6 Å². The van der Waals surface area contributed by atoms with E-state index in [1.807, 2.05) is 17.5 Å². The lowest BCUT2D eigenvalue weighted by Crippen LogP contribution is -2.18. The zero-order chi connectivity index (χ0) is 16.7. The molecule has 0 aliphatic carbocycles. The summed E-state index contributed by atoms with van der Waals surface area (Å²) in [6.07, 6.45) is 2.89. The summed E-state index contributed by atoms with van der Waals surface area (Å²) in [7, 11) is 0. The first kappa shape index (κ1) is 16.7. The van der Waals surface area contributed by atoms with E-state index < -0.39 is 18.4 Å². The number of furan rings is 1. The molecule has 0 atom stereocenters. The Hall–Kier alpha value is -2.67. The van der Waals surface area contributed by atoms with Crippen LogP contribution < -0.4 is 5.32 Å². The first-order chi connectivity index (χ1) is 11.0. The van der Waals surface area contributed by atoms with Crippen molar-refractivity contribution < 1.29 is 23.5 Å². The highest BCUT2D eigenvalue weighted by molar-refractivity contribution is 7.10. The molecule has 120 valence electrons. The highest BCUT2D eigenvalue weighted by Crippen LogP contribution is 2.11. The second-order valence-corrected chi connectivity index (χ2v) is 5.53. The summed E-state index contributed by atoms with van der Waals surface area (Å²) in [5, 5.41) is 4.45. The van der Waals surface area contributed by atoms with Gasteiger partial charge in [0.05, 0.1) is 6.54 Å². The molecule has 0 unspecified atom stereocenters. The van der Waals surface area contributed by atoms with Crippen molar-refractivity contribution in [3.05, 3.63) is 52.1 Å². The van der Waals surface area contributed by atoms with Crippen LogP contribution in [0.3, 0.4) is 0 Å². The molecule has 2 rings (SSSR count). The normalized spacial score (nSPS) is 10.7. The van der Waals surface area contributed by atoms with Gasteiger partial charge in [-0.1, -0.05) is 6.07 Å². The number of carbonyl (C=O) groups excluding carboxylic acids is 3. The van der Waals surface area contributed by atoms with Crippen LogP contribution in [0, 0.1) is 0 Å². The summed E-state index contributed by atoms with van der Waals surface area (Å²) in [6, 6.07) is 6.80. The smallest absolute Gasteiger partial charge is 0.331 e. The Bertz CT molecular complexity index is 715. The molecule has 0 aliphatic heterocycles. The number of esters is 1. The Morgan fingerprint density at radius 2 is 2.13 bits per heavy atom. The van der Waals surface area contributed by atoms with E-state index in [-0.39, 0.29) is 18.2 Å². The van der Waals surface area contributed by atoms with Crippen LogP contribution >= 0.6 is 11.3 Å². The SMILES string of the molecule is CC(=O)NCc1ccc(C(=O)COC(=O)/C=C/c2cccs2)o1. The number of thiophene rings is 1. The largest absolute Gasteiger partial charge is 0.456 e. The molecule has 0 saturated heterocycles. The van der Waals surface area contributed by atoms with E-state index in [4.69, 9.17) is 9.15 Å². The zero-order valence-electron chi connectivity index (χ0n) is 12.4. The van der Waals surface area contributed by atoms with Gasteiger partial charge in [-0.05, 0) is 29.7 Å². The van der Waals surface area contributed by atoms with Gasteiger partial charge >= 0.3 is 5.97 Å². The minimum absolute atomic E-state index is 0.0837. The summed E-state index contributed by atoms with van der Waals surface area (Å²) >= 11 is 1.49. The van der Waals surface area contributed by atoms with Gasteiger partial charge in [-0.25, -0.2) is 4.79 Å². The molecule has 2 aromatic rings. The van der Waals surface area contributed by atoms with E-state index in [1.54, 1.807) is 12.1 Å². The molecule has 1 N–H and O–H groups in total. The van der Waals surface area contributed by atoms with Gasteiger partial charge in [0.2, 0.25) is 11.7 Å². The minimum atomic E-state index is -0.600. The number of amides is 1. The molecule has 2 aromatic heterocycles. The lowest BCUT2D eigenvalue weighted by molar-refractivity contribution is -0.136. The average molecular weight is 333 g/mol. The van der Waals surface area contributed by atoms with Gasteiger partial charge in [-0.3, -0.25) is 9.59 Å². The molecule has 0 aliphatic rings. The zero-order valence-corrected chi connectivity index (χ0v) is 13.2. The van der Waals surface area contributed by atoms with Crippen molar-refractivity contribution in [2.45, 2.75) is 13.5 Å². The molecule has 7 heteroatoms. The molecule has 2 heterocycles. The van der Waals surface area contributed by atoms with Crippen LogP contribution in [0.2, 0.25) is 0 Å². The number of ketones is 1. The van der Waals surface area contributed by atoms with Crippen LogP contribution in [-0.4, -0.2) is 24.3 Å². The maximum atomic E-state index is 11.9. The summed E-state index contributed by atoms with van der Waals surface area (Å²) in [5.74, 6) is -0.706. The molecule has 23 heavy (non-hydrogen) atoms. The van der Waals surface area contributed by atoms with Gasteiger partial charge in [0.25, 0.3) is 0 Å². The van der Waals surface area contributed by atoms with Gasteiger partial charge in [-0.2, -0.15) is 0 Å². The first-order valence-electron chi connectivity index (χ1n) is 6.79. The summed E-state index contributed by atoms with van der Waals surface area (Å²) in [4.78, 5) is 35.1. The Balaban J connectivity index is 1.80. The van der Waals surface area contributed by atoms with Crippen LogP contribution in [0.5, 0.6) is 0 Å². The number of Topliss-reactive ketones (excluding diaryl/α,β-unsaturated/α-hetero) is 1. The van der Waals surface area contributed by atoms with Gasteiger partial charge in [0, 0.05) is 17.9 Å². The minimum Gasteiger partial charge on any atom is -0.456 e. The molecular weight excluding hydrogens is 318 g/mol. The van der Waals surface area contributed by atoms with E-state index in [9.17, 15) is 14.4 Å². The van der Waals surface area contributed by atoms with Crippen molar-refractivity contribution >= 4 is 35.1 Å². The molecule has 0 saturated carbocycles. The van der Waals surface area contributed by atoms with Crippen LogP contribution in [0.25, 0.3) is 6.08 Å². The molecule has 6 nitrogen and oxygen atoms in total. The standard InChI is InChI=1S/C16H15NO5S/c1-11(18)17-9-12-4-6-15(22-12)14(19)10-21-16(20)7-5-13-3-2-8-23-13/h2-8H,9-10H2,1H3,(H,17,18)/b7-5+. The van der Waals surface area contributed by atoms with Crippen molar-refractivity contribution in [3.63, 3.8) is 0 Å². The number of nitrogens with one attached hydrogen (secondary N) is 1. The maximum Gasteiger partial charge on any atom is 0.331 e. The third-order valence-electron chi connectivity index (χ3n) is 2.72. The molecular formula is C16H15NO5S. The molecule has 0 bridgehead atoms. The van der Waals surface area contributed by atoms with Gasteiger partial charge < -0.3 is 14.5 Å². The number of hydrogen-bond donors (Lipinski definition) is 1. The number of hydrogen-bond acceptors (Lipinski definition) is 6. The highest BCUT2D eigenvalue weighted by atomic mass is 32.1. The first-order valence-corrected chi connectivity index (χ1v) is 7.67. The van der Waals surface area contributed by atoms with E-state index in [1.165, 1.54) is 30.4 Å². The quantitative estimate of drug-likeness (QED) is 0.478. The third-order valence-corrected chi connectivity index (χ3v) is 3.56. The molecule has 0 spiro atoms. The van der Waals surface area contributed by atoms with Gasteiger partial charge in [0.1, 0.15) is 5.76 Å². The predicted octanol–water partition coefficient (Wildman–Crippen LogP) is 2.42. The molecule has 0 fully saturated rings. The maximum absolute atomic E-state index is 11.9. The average Bonchev–Trinajstić information content (AvgIpc) is 3.19. The molecule has 1 amide bonds. The number of carbonyl (C=O) groups is 3. The van der Waals surface area contributed by atoms with Gasteiger partial charge in [0.15, 0.2) is 12.4 Å². The summed E-state index contributed by atoms with van der Waals surface area (Å²) in [6.45, 7) is 1.19. The van der Waals surface area contributed by atoms with Crippen LogP contribution in [0.4, 0.5) is 0 Å².